The van der Waals surface area contributed by atoms with Crippen LogP contribution in [0.5, 0.6) is 0 Å². The Hall–Kier alpha value is -3.43. The van der Waals surface area contributed by atoms with Crippen molar-refractivity contribution in [3.8, 4) is 0 Å². The van der Waals surface area contributed by atoms with Crippen LogP contribution >= 0.6 is 22.9 Å². The number of carbonyl (C=O) groups is 3. The van der Waals surface area contributed by atoms with Gasteiger partial charge in [-0.05, 0) is 43.2 Å². The second kappa shape index (κ2) is 8.49. The molecule has 1 aromatic carbocycles. The summed E-state index contributed by atoms with van der Waals surface area (Å²) >= 11 is 7.37. The van der Waals surface area contributed by atoms with E-state index in [-0.39, 0.29) is 23.9 Å². The molecular weight excluding hydrogens is 462 g/mol. The van der Waals surface area contributed by atoms with Crippen LogP contribution in [0.15, 0.2) is 49.2 Å². The highest BCUT2D eigenvalue weighted by molar-refractivity contribution is 7.21. The van der Waals surface area contributed by atoms with Crippen LogP contribution in [0.25, 0.3) is 10.2 Å². The van der Waals surface area contributed by atoms with Gasteiger partial charge in [-0.15, -0.1) is 11.3 Å². The Morgan fingerprint density at radius 3 is 2.97 bits per heavy atom. The van der Waals surface area contributed by atoms with E-state index in [9.17, 15) is 14.4 Å². The Morgan fingerprint density at radius 1 is 1.33 bits per heavy atom. The third kappa shape index (κ3) is 3.83. The normalized spacial score (nSPS) is 17.6. The van der Waals surface area contributed by atoms with E-state index in [0.717, 1.165) is 12.8 Å². The fourth-order valence-electron chi connectivity index (χ4n) is 4.29. The number of thiophene rings is 1. The number of pyridine rings is 1. The fraction of sp³-hybridized carbons (Fsp3) is 0.217. The first kappa shape index (κ1) is 21.4. The minimum atomic E-state index is -0.384. The predicted octanol–water partition coefficient (Wildman–Crippen LogP) is 4.54. The van der Waals surface area contributed by atoms with Gasteiger partial charge < -0.3 is 15.5 Å². The molecular formula is C23H20ClN5O3S. The largest absolute Gasteiger partial charge is 0.347 e. The summed E-state index contributed by atoms with van der Waals surface area (Å²) in [4.78, 5) is 46.9. The summed E-state index contributed by atoms with van der Waals surface area (Å²) < 4.78 is 0. The van der Waals surface area contributed by atoms with E-state index in [1.165, 1.54) is 22.3 Å². The average molecular weight is 482 g/mol. The predicted molar refractivity (Wildman–Crippen MR) is 129 cm³/mol. The van der Waals surface area contributed by atoms with Crippen molar-refractivity contribution in [3.63, 3.8) is 0 Å². The van der Waals surface area contributed by atoms with E-state index in [2.05, 4.69) is 22.2 Å². The molecule has 2 N–H and O–H groups in total. The van der Waals surface area contributed by atoms with Crippen LogP contribution in [0, 0.1) is 0 Å². The zero-order valence-electron chi connectivity index (χ0n) is 17.5. The number of halogens is 1. The highest BCUT2D eigenvalue weighted by Gasteiger charge is 2.33. The van der Waals surface area contributed by atoms with Gasteiger partial charge in [0.1, 0.15) is 9.71 Å². The van der Waals surface area contributed by atoms with Crippen LogP contribution in [-0.4, -0.2) is 46.9 Å². The summed E-state index contributed by atoms with van der Waals surface area (Å²) in [5.74, 6) is -0.443. The number of benzene rings is 1. The van der Waals surface area contributed by atoms with Crippen LogP contribution in [0.2, 0.25) is 5.02 Å². The lowest BCUT2D eigenvalue weighted by atomic mass is 10.1. The Bertz CT molecular complexity index is 1310. The third-order valence-electron chi connectivity index (χ3n) is 5.76. The molecule has 10 heteroatoms. The Balaban J connectivity index is 1.48. The van der Waals surface area contributed by atoms with Gasteiger partial charge in [-0.2, -0.15) is 0 Å². The molecule has 2 aliphatic rings. The summed E-state index contributed by atoms with van der Waals surface area (Å²) in [5.41, 5.74) is 1.70. The van der Waals surface area contributed by atoms with Crippen molar-refractivity contribution >= 4 is 68.1 Å². The van der Waals surface area contributed by atoms with E-state index in [1.54, 1.807) is 41.4 Å². The van der Waals surface area contributed by atoms with Crippen molar-refractivity contribution in [2.45, 2.75) is 18.9 Å². The van der Waals surface area contributed by atoms with Crippen LogP contribution < -0.4 is 15.5 Å². The zero-order chi connectivity index (χ0) is 23.1. The molecule has 0 aliphatic carbocycles. The second-order valence-corrected chi connectivity index (χ2v) is 9.30. The molecule has 0 saturated carbocycles. The van der Waals surface area contributed by atoms with Gasteiger partial charge in [0.25, 0.3) is 5.91 Å². The lowest BCUT2D eigenvalue weighted by Gasteiger charge is -2.32. The number of carbonyl (C=O) groups excluding carboxylic acids is 3. The number of piperidine rings is 1. The molecule has 1 saturated heterocycles. The summed E-state index contributed by atoms with van der Waals surface area (Å²) in [7, 11) is 0. The van der Waals surface area contributed by atoms with Crippen molar-refractivity contribution in [2.24, 2.45) is 0 Å². The molecule has 0 bridgehead atoms. The quantitative estimate of drug-likeness (QED) is 0.535. The molecule has 3 aromatic rings. The summed E-state index contributed by atoms with van der Waals surface area (Å²) in [6.45, 7) is 4.61. The standard InChI is InChI=1S/C23H20ClN5O3S/c1-2-17(30)28-10-4-6-14(12-28)26-21(31)20-19-18-16(8-9-25-22(18)33-20)29(23(32)27-19)15-7-3-5-13(24)11-15/h2-3,5,7-9,11,14H,1,4,6,10,12H2,(H,26,31)(H,27,32). The number of nitrogens with zero attached hydrogens (tertiary/aromatic N) is 3. The van der Waals surface area contributed by atoms with Gasteiger partial charge in [0.05, 0.1) is 22.4 Å². The summed E-state index contributed by atoms with van der Waals surface area (Å²) in [6, 6.07) is 8.20. The van der Waals surface area contributed by atoms with Crippen LogP contribution in [-0.2, 0) is 4.79 Å². The lowest BCUT2D eigenvalue weighted by molar-refractivity contribution is -0.127. The molecule has 4 amide bonds. The van der Waals surface area contributed by atoms with Crippen LogP contribution in [0.4, 0.5) is 21.9 Å². The average Bonchev–Trinajstić information content (AvgIpc) is 3.18. The maximum atomic E-state index is 13.2. The topological polar surface area (TPSA) is 94.6 Å². The number of rotatable bonds is 4. The number of likely N-dealkylation sites (tertiary alicyclic amines) is 1. The van der Waals surface area contributed by atoms with Gasteiger partial charge in [0.2, 0.25) is 5.91 Å². The first-order valence-electron chi connectivity index (χ1n) is 10.5. The Morgan fingerprint density at radius 2 is 2.18 bits per heavy atom. The van der Waals surface area contributed by atoms with E-state index in [0.29, 0.717) is 50.3 Å². The molecule has 1 unspecified atom stereocenters. The molecule has 33 heavy (non-hydrogen) atoms. The van der Waals surface area contributed by atoms with Crippen molar-refractivity contribution in [2.75, 3.05) is 23.3 Å². The maximum Gasteiger partial charge on any atom is 0.331 e. The van der Waals surface area contributed by atoms with Gasteiger partial charge >= 0.3 is 6.03 Å². The van der Waals surface area contributed by atoms with Gasteiger partial charge in [0, 0.05) is 30.4 Å². The number of urea groups is 1. The van der Waals surface area contributed by atoms with Crippen molar-refractivity contribution in [3.05, 3.63) is 59.1 Å². The smallest absolute Gasteiger partial charge is 0.331 e. The van der Waals surface area contributed by atoms with Gasteiger partial charge in [-0.25, -0.2) is 9.78 Å². The van der Waals surface area contributed by atoms with Crippen molar-refractivity contribution in [1.29, 1.82) is 0 Å². The van der Waals surface area contributed by atoms with Gasteiger partial charge in [0.15, 0.2) is 0 Å². The number of hydrogen-bond donors (Lipinski definition) is 2. The molecule has 1 fully saturated rings. The molecule has 8 nitrogen and oxygen atoms in total. The number of amides is 4. The Labute approximate surface area is 198 Å². The van der Waals surface area contributed by atoms with E-state index >= 15 is 0 Å². The van der Waals surface area contributed by atoms with Crippen molar-refractivity contribution in [1.82, 2.24) is 15.2 Å². The minimum absolute atomic E-state index is 0.145. The van der Waals surface area contributed by atoms with E-state index in [4.69, 9.17) is 11.6 Å². The number of nitrogens with one attached hydrogen (secondary N) is 2. The van der Waals surface area contributed by atoms with Crippen LogP contribution in [0.3, 0.4) is 0 Å². The zero-order valence-corrected chi connectivity index (χ0v) is 19.1. The summed E-state index contributed by atoms with van der Waals surface area (Å²) in [6.07, 6.45) is 4.47. The second-order valence-electron chi connectivity index (χ2n) is 7.86. The van der Waals surface area contributed by atoms with E-state index < -0.39 is 0 Å². The molecule has 168 valence electrons. The molecule has 0 spiro atoms. The minimum Gasteiger partial charge on any atom is -0.347 e. The van der Waals surface area contributed by atoms with Gasteiger partial charge in [-0.3, -0.25) is 14.5 Å². The number of anilines is 3. The molecule has 5 rings (SSSR count). The number of aromatic nitrogens is 1. The molecule has 0 radical (unpaired) electrons. The first-order chi connectivity index (χ1) is 16.0. The highest BCUT2D eigenvalue weighted by atomic mass is 35.5. The molecule has 4 heterocycles. The lowest BCUT2D eigenvalue weighted by Crippen LogP contribution is -2.49. The molecule has 2 aromatic heterocycles. The SMILES string of the molecule is C=CC(=O)N1CCCC(NC(=O)c2sc3nccc4c3c2NC(=O)N4c2cccc(Cl)c2)C1. The first-order valence-corrected chi connectivity index (χ1v) is 11.7. The maximum absolute atomic E-state index is 13.2. The van der Waals surface area contributed by atoms with Gasteiger partial charge in [-0.1, -0.05) is 24.2 Å². The van der Waals surface area contributed by atoms with Crippen LogP contribution in [0.1, 0.15) is 22.5 Å². The molecule has 2 aliphatic heterocycles. The fourth-order valence-corrected chi connectivity index (χ4v) is 5.50. The highest BCUT2D eigenvalue weighted by Crippen LogP contribution is 2.45. The number of hydrogen-bond acceptors (Lipinski definition) is 5. The monoisotopic (exact) mass is 481 g/mol. The van der Waals surface area contributed by atoms with Crippen molar-refractivity contribution < 1.29 is 14.4 Å². The third-order valence-corrected chi connectivity index (χ3v) is 7.09. The van der Waals surface area contributed by atoms with E-state index in [1.807, 2.05) is 0 Å². The summed E-state index contributed by atoms with van der Waals surface area (Å²) in [5, 5.41) is 7.11. The molecule has 1 atom stereocenters. The Kier molecular flexibility index (Phi) is 5.51.